The Bertz CT molecular complexity index is 7110. The lowest BCUT2D eigenvalue weighted by Crippen LogP contribution is -2.61. The summed E-state index contributed by atoms with van der Waals surface area (Å²) in [6.07, 6.45) is 5.01. The van der Waals surface area contributed by atoms with Crippen molar-refractivity contribution in [2.45, 2.75) is 123 Å². The number of sulfone groups is 1. The Kier molecular flexibility index (Phi) is 27.8. The smallest absolute Gasteiger partial charge is 0.407 e. The number of likely N-dealkylation sites (tertiary alicyclic amines) is 5. The van der Waals surface area contributed by atoms with Gasteiger partial charge in [0.15, 0.2) is 9.84 Å². The lowest BCUT2D eigenvalue weighted by Gasteiger charge is -2.46. The number of alkyl carbamates (subject to hydrolysis) is 1. The molecular weight excluding hydrogens is 1850 g/mol. The molecule has 708 valence electrons. The molecule has 0 aliphatic carbocycles. The fraction of sp³-hybridized carbons (Fsp3) is 0.366. The molecule has 0 saturated carbocycles. The molecule has 37 nitrogen and oxygen atoms in total. The number of nitrogen functional groups attached to an aromatic ring is 5. The van der Waals surface area contributed by atoms with E-state index < -0.39 is 26.8 Å². The van der Waals surface area contributed by atoms with Crippen molar-refractivity contribution < 1.29 is 56.6 Å². The molecule has 14 aromatic rings. The number of nitrogens with zero attached hydrogens (tertiary/aromatic N) is 18. The molecule has 6 fully saturated rings. The molecule has 11 aromatic heterocycles. The number of benzene rings is 3. The minimum atomic E-state index is -3.55. The third kappa shape index (κ3) is 19.1. The lowest BCUT2D eigenvalue weighted by atomic mass is 9.86. The molecule has 13 N–H and O–H groups in total. The molecule has 17 heterocycles. The number of aliphatic hydroxyl groups is 1. The minimum absolute atomic E-state index is 0.00806. The Hall–Kier alpha value is -13.5. The summed E-state index contributed by atoms with van der Waals surface area (Å²) in [7, 11) is -2.07. The second kappa shape index (κ2) is 39.5. The van der Waals surface area contributed by atoms with E-state index in [9.17, 15) is 47.1 Å². The summed E-state index contributed by atoms with van der Waals surface area (Å²) in [5.41, 5.74) is 43.3. The van der Waals surface area contributed by atoms with Gasteiger partial charge in [0.25, 0.3) is 29.5 Å². The van der Waals surface area contributed by atoms with Gasteiger partial charge in [0, 0.05) is 123 Å². The van der Waals surface area contributed by atoms with E-state index in [1.165, 1.54) is 80.8 Å². The lowest BCUT2D eigenvalue weighted by molar-refractivity contribution is -0.122. The van der Waals surface area contributed by atoms with E-state index in [2.05, 4.69) is 76.5 Å². The van der Waals surface area contributed by atoms with E-state index in [1.807, 2.05) is 148 Å². The van der Waals surface area contributed by atoms with Crippen LogP contribution in [-0.2, 0) is 31.4 Å². The number of nitrogens with two attached hydrogens (primary N) is 5. The van der Waals surface area contributed by atoms with Gasteiger partial charge in [-0.1, -0.05) is 73.7 Å². The molecule has 136 heavy (non-hydrogen) atoms. The molecule has 0 bridgehead atoms. The van der Waals surface area contributed by atoms with Crippen LogP contribution in [0.25, 0.3) is 51.1 Å². The summed E-state index contributed by atoms with van der Waals surface area (Å²) in [6.45, 7) is 27.2. The van der Waals surface area contributed by atoms with Crippen molar-refractivity contribution in [3.63, 3.8) is 0 Å². The third-order valence-corrected chi connectivity index (χ3v) is 33.1. The maximum atomic E-state index is 13.2. The predicted molar refractivity (Wildman–Crippen MR) is 527 cm³/mol. The van der Waals surface area contributed by atoms with Gasteiger partial charge in [0.2, 0.25) is 11.9 Å². The molecule has 0 spiro atoms. The first-order valence-electron chi connectivity index (χ1n) is 44.0. The number of fused-ring (bicyclic) bond motifs is 6. The van der Waals surface area contributed by atoms with E-state index >= 15 is 0 Å². The number of aryl methyl sites for hydroxylation is 11. The van der Waals surface area contributed by atoms with Crippen molar-refractivity contribution in [1.29, 1.82) is 0 Å². The van der Waals surface area contributed by atoms with Gasteiger partial charge in [0.1, 0.15) is 65.1 Å². The highest BCUT2D eigenvalue weighted by Crippen LogP contribution is 2.45. The Labute approximate surface area is 802 Å². The molecule has 6 aliphatic rings. The van der Waals surface area contributed by atoms with Gasteiger partial charge in [-0.25, -0.2) is 23.2 Å². The number of anilines is 6. The summed E-state index contributed by atoms with van der Waals surface area (Å²) < 4.78 is 35.8. The number of methoxy groups -OCH3 is 1. The number of aromatic nitrogens is 12. The summed E-state index contributed by atoms with van der Waals surface area (Å²) in [4.78, 5) is 113. The van der Waals surface area contributed by atoms with Crippen LogP contribution in [0.1, 0.15) is 136 Å². The molecule has 7 amide bonds. The van der Waals surface area contributed by atoms with Crippen LogP contribution in [-0.4, -0.2) is 250 Å². The summed E-state index contributed by atoms with van der Waals surface area (Å²) in [5, 5.41) is 61.2. The number of rotatable bonds is 17. The van der Waals surface area contributed by atoms with E-state index in [0.717, 1.165) is 138 Å². The second-order valence-electron chi connectivity index (χ2n) is 34.6. The molecule has 2 unspecified atom stereocenters. The Morgan fingerprint density at radius 2 is 0.809 bits per heavy atom. The number of thiophene rings is 5. The molecule has 43 heteroatoms. The van der Waals surface area contributed by atoms with E-state index in [-0.39, 0.29) is 78.6 Å². The zero-order valence-corrected chi connectivity index (χ0v) is 81.7. The number of hydrogen-bond acceptors (Lipinski definition) is 35. The zero-order valence-electron chi connectivity index (χ0n) is 76.8. The number of amides is 7. The molecule has 0 radical (unpaired) electrons. The normalized spacial score (nSPS) is 16.2. The molecule has 6 saturated heterocycles. The number of hydrogen-bond donors (Lipinski definition) is 8. The first-order chi connectivity index (χ1) is 65.0. The highest BCUT2D eigenvalue weighted by molar-refractivity contribution is 7.92. The van der Waals surface area contributed by atoms with Crippen LogP contribution in [0, 0.1) is 81.1 Å². The monoisotopic (exact) mass is 1950 g/mol. The van der Waals surface area contributed by atoms with E-state index in [1.54, 1.807) is 39.2 Å². The standard InChI is InChI=1S/C21H23N5O2S.C19H21N7OS.C19H20N4O4S2.C18H18N4O2S.C16H21N5O3S/c1-12-13(2)24-25-20-17(12)18(22)19(29-20)21(28)26-10-15(11-26)23-16(27)9-8-14-6-4-3-5-7-14;1-10-11(2)23-24-17-14(10)15(20)16(28-17)18(27)25-6-12-8-26(9-13(12)7-25)19-21-4-3-5-22-19;1-10-11(2)21-22-18-15(10)16(20)17(28-18)19(24)23-8-14(9-23)29(25,26)13-6-4-5-12(7-13)27-3;1-10-11(2)20-21-16-13(10)14(19)15(25-16)17(23)22-8-18(24,9-22)12-6-4-3-5-7-12;1-4-5-24-16(23)18-10-6-21(7-10)15(22)13-12(17)11-8(2)9(3)19-20-14(11)25-13/h3-7,15H,8-11,22H2,1-2H3,(H,23,27);3-5,12-13H,6-9,20H2,1-2H3;4-7,14H,8-9,20H2,1-3H3;3-7,24H,8-9,19H2,1-2H3;10H,4-7,17H2,1-3H3,(H,18,23). The second-order valence-corrected chi connectivity index (χ2v) is 41.8. The van der Waals surface area contributed by atoms with Gasteiger partial charge in [-0.2, -0.15) is 25.5 Å². The molecule has 2 atom stereocenters. The van der Waals surface area contributed by atoms with Crippen LogP contribution in [0.5, 0.6) is 5.75 Å². The average molecular weight is 1960 g/mol. The average Bonchev–Trinajstić information content (AvgIpc) is 1.20. The van der Waals surface area contributed by atoms with E-state index in [4.69, 9.17) is 38.1 Å². The molecule has 20 rings (SSSR count). The van der Waals surface area contributed by atoms with Crippen LogP contribution in [0.2, 0.25) is 0 Å². The van der Waals surface area contributed by atoms with Crippen molar-refractivity contribution in [1.82, 2.24) is 96.1 Å². The van der Waals surface area contributed by atoms with Crippen molar-refractivity contribution in [2.24, 2.45) is 11.8 Å². The largest absolute Gasteiger partial charge is 0.497 e. The molecule has 6 aliphatic heterocycles. The van der Waals surface area contributed by atoms with Gasteiger partial charge in [-0.3, -0.25) is 28.8 Å². The van der Waals surface area contributed by atoms with Crippen LogP contribution in [0.3, 0.4) is 0 Å². The van der Waals surface area contributed by atoms with Gasteiger partial charge in [0.05, 0.1) is 101 Å². The number of ether oxygens (including phenoxy) is 2. The van der Waals surface area contributed by atoms with Crippen LogP contribution >= 0.6 is 56.7 Å². The van der Waals surface area contributed by atoms with Crippen molar-refractivity contribution >= 4 is 194 Å². The van der Waals surface area contributed by atoms with Crippen molar-refractivity contribution in [3.05, 3.63) is 195 Å². The Morgan fingerprint density at radius 1 is 0.449 bits per heavy atom. The zero-order chi connectivity index (χ0) is 96.8. The number of β-amino-alcohol motifs (C(OH)–C–C–N with tert-alkyl or cyclic N) is 1. The summed E-state index contributed by atoms with van der Waals surface area (Å²) in [5.74, 6) is 1.44. The highest BCUT2D eigenvalue weighted by Gasteiger charge is 2.48. The van der Waals surface area contributed by atoms with Gasteiger partial charge in [-0.15, -0.1) is 82.2 Å². The molecule has 3 aromatic carbocycles. The number of carbonyl (C=O) groups excluding carboxylic acids is 7. The minimum Gasteiger partial charge on any atom is -0.497 e. The third-order valence-electron chi connectivity index (χ3n) is 25.6. The first kappa shape index (κ1) is 95.7. The van der Waals surface area contributed by atoms with Crippen LogP contribution in [0.15, 0.2) is 108 Å². The maximum Gasteiger partial charge on any atom is 0.407 e. The van der Waals surface area contributed by atoms with Gasteiger partial charge >= 0.3 is 6.09 Å². The number of nitrogens with one attached hydrogen (secondary N) is 2. The fourth-order valence-corrected chi connectivity index (χ4v) is 24.0. The SMILES string of the molecule is CCCOC(=O)NC1CN(C(=O)c2sc3nnc(C)c(C)c3c2N)C1.COc1cccc(S(=O)(=O)C2CN(C(=O)c3sc4nnc(C)c(C)c4c3N)C2)c1.Cc1nnc2sc(C(=O)N3CC(NC(=O)CCc4ccccc4)C3)c(N)c2c1C.Cc1nnc2sc(C(=O)N3CC(O)(c4ccccc4)C3)c(N)c2c1C.Cc1nnc2sc(C(=O)N3CC4CN(c5ncccn5)CC4C3)c(N)c2c1C. The summed E-state index contributed by atoms with van der Waals surface area (Å²) >= 11 is 6.32. The van der Waals surface area contributed by atoms with Gasteiger partial charge < -0.3 is 83.3 Å². The predicted octanol–water partition coefficient (Wildman–Crippen LogP) is 10.6. The van der Waals surface area contributed by atoms with Crippen molar-refractivity contribution in [2.75, 3.05) is 126 Å². The van der Waals surface area contributed by atoms with Gasteiger partial charge in [-0.05, 0) is 145 Å². The quantitative estimate of drug-likeness (QED) is 0.0420. The Morgan fingerprint density at radius 3 is 1.19 bits per heavy atom. The Balaban J connectivity index is 0.000000123. The molecular formula is C93H103N25O12S6. The number of carbonyl (C=O) groups is 7. The maximum absolute atomic E-state index is 13.2. The summed E-state index contributed by atoms with van der Waals surface area (Å²) in [6, 6.07) is 27.4. The topological polar surface area (TPSA) is 521 Å². The van der Waals surface area contributed by atoms with Crippen LogP contribution < -0.4 is 48.9 Å². The highest BCUT2D eigenvalue weighted by atomic mass is 32.2. The van der Waals surface area contributed by atoms with Crippen LogP contribution in [0.4, 0.5) is 39.2 Å². The first-order valence-corrected chi connectivity index (χ1v) is 49.7. The fourth-order valence-electron chi connectivity index (χ4n) is 17.0. The van der Waals surface area contributed by atoms with Crippen molar-refractivity contribution in [3.8, 4) is 5.75 Å². The van der Waals surface area contributed by atoms with E-state index in [0.29, 0.717) is 135 Å².